The highest BCUT2D eigenvalue weighted by molar-refractivity contribution is 6.03. The summed E-state index contributed by atoms with van der Waals surface area (Å²) in [7, 11) is 0. The topological polar surface area (TPSA) is 94.2 Å². The molecule has 2 aliphatic rings. The van der Waals surface area contributed by atoms with Gasteiger partial charge in [-0.1, -0.05) is 6.42 Å². The monoisotopic (exact) mass is 418 g/mol. The van der Waals surface area contributed by atoms with Gasteiger partial charge in [-0.15, -0.1) is 0 Å². The van der Waals surface area contributed by atoms with E-state index in [0.29, 0.717) is 17.1 Å². The number of ether oxygens (including phenoxy) is 3. The normalized spacial score (nSPS) is 18.1. The van der Waals surface area contributed by atoms with E-state index in [4.69, 9.17) is 14.2 Å². The van der Waals surface area contributed by atoms with Crippen LogP contribution in [0.5, 0.6) is 5.75 Å². The summed E-state index contributed by atoms with van der Waals surface area (Å²) in [5, 5.41) is 2.65. The Kier molecular flexibility index (Phi) is 6.53. The van der Waals surface area contributed by atoms with Crippen LogP contribution in [0.3, 0.4) is 0 Å². The molecule has 8 heteroatoms. The van der Waals surface area contributed by atoms with Gasteiger partial charge >= 0.3 is 12.1 Å². The minimum Gasteiger partial charge on any atom is -0.482 e. The summed E-state index contributed by atoms with van der Waals surface area (Å²) in [6.45, 7) is 6.80. The summed E-state index contributed by atoms with van der Waals surface area (Å²) < 4.78 is 16.4. The maximum Gasteiger partial charge on any atom is 0.412 e. The zero-order valence-corrected chi connectivity index (χ0v) is 18.0. The largest absolute Gasteiger partial charge is 0.482 e. The summed E-state index contributed by atoms with van der Waals surface area (Å²) in [4.78, 5) is 38.8. The lowest BCUT2D eigenvalue weighted by atomic mass is 9.98. The average Bonchev–Trinajstić information content (AvgIpc) is 2.66. The van der Waals surface area contributed by atoms with E-state index >= 15 is 0 Å². The predicted molar refractivity (Wildman–Crippen MR) is 112 cm³/mol. The highest BCUT2D eigenvalue weighted by Gasteiger charge is 2.35. The van der Waals surface area contributed by atoms with Gasteiger partial charge in [0, 0.05) is 5.69 Å². The molecular weight excluding hydrogens is 388 g/mol. The molecule has 30 heavy (non-hydrogen) atoms. The van der Waals surface area contributed by atoms with Crippen LogP contribution in [0.25, 0.3) is 0 Å². The van der Waals surface area contributed by atoms with Gasteiger partial charge in [0.25, 0.3) is 5.91 Å². The highest BCUT2D eigenvalue weighted by atomic mass is 16.6. The van der Waals surface area contributed by atoms with Gasteiger partial charge in [-0.05, 0) is 71.6 Å². The smallest absolute Gasteiger partial charge is 0.412 e. The minimum atomic E-state index is -0.807. The maximum atomic E-state index is 12.7. The Morgan fingerprint density at radius 3 is 2.57 bits per heavy atom. The molecule has 1 aromatic rings. The van der Waals surface area contributed by atoms with Crippen molar-refractivity contribution < 1.29 is 28.6 Å². The van der Waals surface area contributed by atoms with Crippen molar-refractivity contribution in [3.63, 3.8) is 0 Å². The van der Waals surface area contributed by atoms with Crippen LogP contribution in [0.15, 0.2) is 18.2 Å². The molecule has 0 bridgehead atoms. The Morgan fingerprint density at radius 2 is 1.90 bits per heavy atom. The number of carbonyl (C=O) groups is 3. The van der Waals surface area contributed by atoms with Crippen LogP contribution in [0.4, 0.5) is 16.2 Å². The molecule has 1 atom stereocenters. The number of rotatable bonds is 4. The van der Waals surface area contributed by atoms with E-state index in [1.165, 1.54) is 4.90 Å². The lowest BCUT2D eigenvalue weighted by Gasteiger charge is -2.34. The molecule has 0 saturated heterocycles. The van der Waals surface area contributed by atoms with E-state index in [-0.39, 0.29) is 18.6 Å². The first-order valence-electron chi connectivity index (χ1n) is 10.4. The summed E-state index contributed by atoms with van der Waals surface area (Å²) in [5.74, 6) is -0.319. The Balaban J connectivity index is 1.77. The first-order chi connectivity index (χ1) is 14.1. The number of anilines is 2. The lowest BCUT2D eigenvalue weighted by molar-refractivity contribution is -0.152. The van der Waals surface area contributed by atoms with Crippen LogP contribution in [0.2, 0.25) is 0 Å². The van der Waals surface area contributed by atoms with E-state index < -0.39 is 23.7 Å². The highest BCUT2D eigenvalue weighted by Crippen LogP contribution is 2.36. The molecule has 0 aromatic heterocycles. The second kappa shape index (κ2) is 8.93. The third kappa shape index (κ3) is 5.43. The minimum absolute atomic E-state index is 0.0931. The van der Waals surface area contributed by atoms with Gasteiger partial charge in [0.05, 0.1) is 5.69 Å². The summed E-state index contributed by atoms with van der Waals surface area (Å²) >= 11 is 0. The van der Waals surface area contributed by atoms with Crippen molar-refractivity contribution in [3.05, 3.63) is 18.2 Å². The molecule has 0 radical (unpaired) electrons. The Morgan fingerprint density at radius 1 is 1.20 bits per heavy atom. The molecule has 2 amide bonds. The molecule has 1 heterocycles. The van der Waals surface area contributed by atoms with Crippen molar-refractivity contribution in [2.75, 3.05) is 16.8 Å². The quantitative estimate of drug-likeness (QED) is 0.742. The lowest BCUT2D eigenvalue weighted by Crippen LogP contribution is -2.49. The van der Waals surface area contributed by atoms with Gasteiger partial charge in [0.1, 0.15) is 23.5 Å². The first kappa shape index (κ1) is 21.9. The number of nitrogens with one attached hydrogen (secondary N) is 1. The van der Waals surface area contributed by atoms with Crippen LogP contribution in [0, 0.1) is 0 Å². The van der Waals surface area contributed by atoms with Crippen molar-refractivity contribution in [1.29, 1.82) is 0 Å². The standard InChI is InChI=1S/C22H30N2O6/c1-14(20(26)29-16-8-6-5-7-9-16)24-17-12-15(23-21(27)30-22(2,3)4)10-11-18(17)28-13-19(24)25/h10-12,14,16H,5-9,13H2,1-4H3,(H,23,27). The summed E-state index contributed by atoms with van der Waals surface area (Å²) in [5.41, 5.74) is 0.202. The van der Waals surface area contributed by atoms with Crippen LogP contribution in [-0.2, 0) is 19.1 Å². The number of hydrogen-bond donors (Lipinski definition) is 1. The zero-order chi connectivity index (χ0) is 21.9. The zero-order valence-electron chi connectivity index (χ0n) is 18.0. The number of fused-ring (bicyclic) bond motifs is 1. The molecule has 1 aliphatic heterocycles. The molecule has 1 fully saturated rings. The van der Waals surface area contributed by atoms with Gasteiger partial charge in [-0.25, -0.2) is 9.59 Å². The number of amides is 2. The Hall–Kier alpha value is -2.77. The third-order valence-corrected chi connectivity index (χ3v) is 5.05. The number of hydrogen-bond acceptors (Lipinski definition) is 6. The van der Waals surface area contributed by atoms with Crippen LogP contribution < -0.4 is 15.0 Å². The fourth-order valence-corrected chi connectivity index (χ4v) is 3.65. The van der Waals surface area contributed by atoms with E-state index in [2.05, 4.69) is 5.32 Å². The molecule has 3 rings (SSSR count). The van der Waals surface area contributed by atoms with Crippen molar-refractivity contribution in [1.82, 2.24) is 0 Å². The Bertz CT molecular complexity index is 810. The summed E-state index contributed by atoms with van der Waals surface area (Å²) in [6.07, 6.45) is 4.26. The van der Waals surface area contributed by atoms with E-state index in [9.17, 15) is 14.4 Å². The first-order valence-corrected chi connectivity index (χ1v) is 10.4. The molecule has 8 nitrogen and oxygen atoms in total. The van der Waals surface area contributed by atoms with Gasteiger partial charge in [0.15, 0.2) is 6.61 Å². The van der Waals surface area contributed by atoms with Crippen LogP contribution >= 0.6 is 0 Å². The number of nitrogens with zero attached hydrogens (tertiary/aromatic N) is 1. The molecule has 1 N–H and O–H groups in total. The third-order valence-electron chi connectivity index (χ3n) is 5.05. The number of carbonyl (C=O) groups excluding carboxylic acids is 3. The molecule has 1 aliphatic carbocycles. The van der Waals surface area contributed by atoms with Gasteiger partial charge in [-0.2, -0.15) is 0 Å². The predicted octanol–water partition coefficient (Wildman–Crippen LogP) is 4.02. The second-order valence-electron chi connectivity index (χ2n) is 8.73. The van der Waals surface area contributed by atoms with E-state index in [1.807, 2.05) is 0 Å². The molecule has 164 valence electrons. The molecular formula is C22H30N2O6. The Labute approximate surface area is 176 Å². The van der Waals surface area contributed by atoms with Crippen LogP contribution in [-0.4, -0.2) is 42.3 Å². The van der Waals surface area contributed by atoms with Crippen molar-refractivity contribution in [2.24, 2.45) is 0 Å². The van der Waals surface area contributed by atoms with Gasteiger partial charge < -0.3 is 14.2 Å². The summed E-state index contributed by atoms with van der Waals surface area (Å²) in [6, 6.07) is 4.10. The molecule has 1 saturated carbocycles. The van der Waals surface area contributed by atoms with Crippen molar-refractivity contribution in [2.45, 2.75) is 77.5 Å². The van der Waals surface area contributed by atoms with Crippen LogP contribution in [0.1, 0.15) is 59.8 Å². The number of esters is 1. The molecule has 1 aromatic carbocycles. The van der Waals surface area contributed by atoms with E-state index in [0.717, 1.165) is 32.1 Å². The number of benzene rings is 1. The fourth-order valence-electron chi connectivity index (χ4n) is 3.65. The fraction of sp³-hybridized carbons (Fsp3) is 0.591. The maximum absolute atomic E-state index is 12.7. The van der Waals surface area contributed by atoms with Gasteiger partial charge in [-0.3, -0.25) is 15.0 Å². The average molecular weight is 418 g/mol. The molecule has 0 spiro atoms. The molecule has 1 unspecified atom stereocenters. The van der Waals surface area contributed by atoms with Gasteiger partial charge in [0.2, 0.25) is 0 Å². The van der Waals surface area contributed by atoms with Crippen molar-refractivity contribution >= 4 is 29.3 Å². The van der Waals surface area contributed by atoms with E-state index in [1.54, 1.807) is 45.9 Å². The SMILES string of the molecule is CC(C(=O)OC1CCCCC1)N1C(=O)COc2ccc(NC(=O)OC(C)(C)C)cc21. The van der Waals surface area contributed by atoms with Crippen molar-refractivity contribution in [3.8, 4) is 5.75 Å². The second-order valence-corrected chi connectivity index (χ2v) is 8.73.